The predicted octanol–water partition coefficient (Wildman–Crippen LogP) is 2.25. The van der Waals surface area contributed by atoms with Gasteiger partial charge in [-0.3, -0.25) is 0 Å². The Morgan fingerprint density at radius 2 is 2.12 bits per heavy atom. The van der Waals surface area contributed by atoms with Crippen molar-refractivity contribution in [2.45, 2.75) is 12.7 Å². The molecule has 0 heterocycles. The quantitative estimate of drug-likeness (QED) is 0.800. The van der Waals surface area contributed by atoms with Crippen LogP contribution >= 0.6 is 11.8 Å². The maximum absolute atomic E-state index is 10.9. The highest BCUT2D eigenvalue weighted by molar-refractivity contribution is 7.98. The standard InChI is InChI=1S/C12H16O3S/c1-9(6-13)7-16-8-10-4-2-3-5-11(10)12(14)15/h2-5,9,13H,6-8H2,1H3,(H,14,15). The molecule has 1 atom stereocenters. The van der Waals surface area contributed by atoms with E-state index in [1.54, 1.807) is 23.9 Å². The van der Waals surface area contributed by atoms with Crippen LogP contribution in [0.4, 0.5) is 0 Å². The van der Waals surface area contributed by atoms with Crippen molar-refractivity contribution >= 4 is 17.7 Å². The molecule has 0 aliphatic rings. The first kappa shape index (κ1) is 13.1. The van der Waals surface area contributed by atoms with Crippen molar-refractivity contribution in [2.24, 2.45) is 5.92 Å². The van der Waals surface area contributed by atoms with Crippen molar-refractivity contribution in [3.8, 4) is 0 Å². The number of benzene rings is 1. The Morgan fingerprint density at radius 1 is 1.44 bits per heavy atom. The molecular formula is C12H16O3S. The first-order valence-electron chi connectivity index (χ1n) is 5.15. The van der Waals surface area contributed by atoms with E-state index in [1.807, 2.05) is 19.1 Å². The summed E-state index contributed by atoms with van der Waals surface area (Å²) in [6.07, 6.45) is 0. The molecule has 2 N–H and O–H groups in total. The van der Waals surface area contributed by atoms with Gasteiger partial charge in [0.05, 0.1) is 5.56 Å². The molecule has 1 rings (SSSR count). The summed E-state index contributed by atoms with van der Waals surface area (Å²) in [7, 11) is 0. The van der Waals surface area contributed by atoms with Crippen LogP contribution in [0.25, 0.3) is 0 Å². The van der Waals surface area contributed by atoms with E-state index in [9.17, 15) is 4.79 Å². The third-order valence-corrected chi connectivity index (χ3v) is 3.54. The SMILES string of the molecule is CC(CO)CSCc1ccccc1C(=O)O. The highest BCUT2D eigenvalue weighted by atomic mass is 32.2. The number of hydrogen-bond donors (Lipinski definition) is 2. The molecule has 0 aliphatic heterocycles. The number of aliphatic hydroxyl groups is 1. The summed E-state index contributed by atoms with van der Waals surface area (Å²) < 4.78 is 0. The molecule has 0 aliphatic carbocycles. The minimum Gasteiger partial charge on any atom is -0.478 e. The summed E-state index contributed by atoms with van der Waals surface area (Å²) in [6.45, 7) is 2.14. The molecule has 88 valence electrons. The van der Waals surface area contributed by atoms with Crippen LogP contribution in [0.15, 0.2) is 24.3 Å². The molecule has 1 unspecified atom stereocenters. The van der Waals surface area contributed by atoms with Gasteiger partial charge in [-0.05, 0) is 23.3 Å². The topological polar surface area (TPSA) is 57.5 Å². The molecule has 0 aromatic heterocycles. The van der Waals surface area contributed by atoms with Gasteiger partial charge in [0.2, 0.25) is 0 Å². The Balaban J connectivity index is 2.56. The van der Waals surface area contributed by atoms with Gasteiger partial charge >= 0.3 is 5.97 Å². The zero-order valence-electron chi connectivity index (χ0n) is 9.22. The van der Waals surface area contributed by atoms with Crippen molar-refractivity contribution in [3.05, 3.63) is 35.4 Å². The van der Waals surface area contributed by atoms with E-state index in [1.165, 1.54) is 0 Å². The largest absolute Gasteiger partial charge is 0.478 e. The number of thioether (sulfide) groups is 1. The van der Waals surface area contributed by atoms with E-state index in [0.29, 0.717) is 11.3 Å². The lowest BCUT2D eigenvalue weighted by Gasteiger charge is -2.08. The summed E-state index contributed by atoms with van der Waals surface area (Å²) in [4.78, 5) is 10.9. The molecule has 4 heteroatoms. The van der Waals surface area contributed by atoms with E-state index in [4.69, 9.17) is 10.2 Å². The number of aromatic carboxylic acids is 1. The van der Waals surface area contributed by atoms with Gasteiger partial charge in [0.25, 0.3) is 0 Å². The van der Waals surface area contributed by atoms with Crippen molar-refractivity contribution in [1.82, 2.24) is 0 Å². The second kappa shape index (κ2) is 6.55. The van der Waals surface area contributed by atoms with Crippen LogP contribution in [0.1, 0.15) is 22.8 Å². The summed E-state index contributed by atoms with van der Waals surface area (Å²) in [6, 6.07) is 7.03. The molecule has 1 aromatic carbocycles. The van der Waals surface area contributed by atoms with Crippen LogP contribution < -0.4 is 0 Å². The van der Waals surface area contributed by atoms with Gasteiger partial charge in [-0.15, -0.1) is 0 Å². The summed E-state index contributed by atoms with van der Waals surface area (Å²) >= 11 is 1.65. The molecule has 3 nitrogen and oxygen atoms in total. The number of carboxylic acids is 1. The second-order valence-corrected chi connectivity index (χ2v) is 4.80. The Kier molecular flexibility index (Phi) is 5.35. The van der Waals surface area contributed by atoms with Crippen molar-refractivity contribution in [1.29, 1.82) is 0 Å². The number of carbonyl (C=O) groups is 1. The van der Waals surface area contributed by atoms with Gasteiger partial charge in [-0.2, -0.15) is 11.8 Å². The zero-order valence-corrected chi connectivity index (χ0v) is 10.0. The highest BCUT2D eigenvalue weighted by Gasteiger charge is 2.09. The molecule has 0 saturated heterocycles. The fourth-order valence-electron chi connectivity index (χ4n) is 1.28. The van der Waals surface area contributed by atoms with Crippen LogP contribution in [-0.2, 0) is 5.75 Å². The minimum absolute atomic E-state index is 0.174. The van der Waals surface area contributed by atoms with Crippen LogP contribution in [0.5, 0.6) is 0 Å². The zero-order chi connectivity index (χ0) is 12.0. The molecule has 0 bridgehead atoms. The lowest BCUT2D eigenvalue weighted by Crippen LogP contribution is -2.05. The second-order valence-electron chi connectivity index (χ2n) is 3.77. The third-order valence-electron chi connectivity index (χ3n) is 2.22. The highest BCUT2D eigenvalue weighted by Crippen LogP contribution is 2.18. The molecular weight excluding hydrogens is 224 g/mol. The molecule has 16 heavy (non-hydrogen) atoms. The van der Waals surface area contributed by atoms with Crippen LogP contribution in [0.2, 0.25) is 0 Å². The average Bonchev–Trinajstić information content (AvgIpc) is 2.29. The summed E-state index contributed by atoms with van der Waals surface area (Å²) in [5.74, 6) is 0.880. The number of hydrogen-bond acceptors (Lipinski definition) is 3. The molecule has 0 spiro atoms. The van der Waals surface area contributed by atoms with Gasteiger partial charge in [0.15, 0.2) is 0 Å². The van der Waals surface area contributed by atoms with E-state index in [-0.39, 0.29) is 12.5 Å². The van der Waals surface area contributed by atoms with Crippen LogP contribution in [-0.4, -0.2) is 28.5 Å². The van der Waals surface area contributed by atoms with Gasteiger partial charge in [0, 0.05) is 12.4 Å². The number of carboxylic acid groups (broad SMARTS) is 1. The Bertz CT molecular complexity index is 352. The van der Waals surface area contributed by atoms with Crippen molar-refractivity contribution in [3.63, 3.8) is 0 Å². The predicted molar refractivity (Wildman–Crippen MR) is 65.8 cm³/mol. The monoisotopic (exact) mass is 240 g/mol. The first-order valence-corrected chi connectivity index (χ1v) is 6.30. The first-order chi connectivity index (χ1) is 7.65. The number of aliphatic hydroxyl groups excluding tert-OH is 1. The van der Waals surface area contributed by atoms with Crippen LogP contribution in [0.3, 0.4) is 0 Å². The molecule has 0 radical (unpaired) electrons. The Labute approximate surface area is 99.5 Å². The molecule has 1 aromatic rings. The van der Waals surface area contributed by atoms with Crippen molar-refractivity contribution in [2.75, 3.05) is 12.4 Å². The normalized spacial score (nSPS) is 12.4. The Morgan fingerprint density at radius 3 is 2.75 bits per heavy atom. The molecule has 0 fully saturated rings. The lowest BCUT2D eigenvalue weighted by molar-refractivity contribution is 0.0696. The van der Waals surface area contributed by atoms with E-state index >= 15 is 0 Å². The fourth-order valence-corrected chi connectivity index (χ4v) is 2.37. The average molecular weight is 240 g/mol. The summed E-state index contributed by atoms with van der Waals surface area (Å²) in [5, 5.41) is 17.8. The Hall–Kier alpha value is -1.00. The molecule has 0 amide bonds. The smallest absolute Gasteiger partial charge is 0.335 e. The minimum atomic E-state index is -0.883. The maximum Gasteiger partial charge on any atom is 0.335 e. The van der Waals surface area contributed by atoms with Crippen LogP contribution in [0, 0.1) is 5.92 Å². The molecule has 0 saturated carbocycles. The third kappa shape index (κ3) is 3.87. The lowest BCUT2D eigenvalue weighted by atomic mass is 10.1. The fraction of sp³-hybridized carbons (Fsp3) is 0.417. The van der Waals surface area contributed by atoms with Gasteiger partial charge in [-0.25, -0.2) is 4.79 Å². The van der Waals surface area contributed by atoms with Crippen molar-refractivity contribution < 1.29 is 15.0 Å². The van der Waals surface area contributed by atoms with Gasteiger partial charge < -0.3 is 10.2 Å². The van der Waals surface area contributed by atoms with Gasteiger partial charge in [0.1, 0.15) is 0 Å². The number of rotatable bonds is 6. The van der Waals surface area contributed by atoms with E-state index in [2.05, 4.69) is 0 Å². The summed E-state index contributed by atoms with van der Waals surface area (Å²) in [5.41, 5.74) is 1.21. The van der Waals surface area contributed by atoms with E-state index in [0.717, 1.165) is 11.3 Å². The maximum atomic E-state index is 10.9. The van der Waals surface area contributed by atoms with E-state index < -0.39 is 5.97 Å². The van der Waals surface area contributed by atoms with Gasteiger partial charge in [-0.1, -0.05) is 25.1 Å².